The van der Waals surface area contributed by atoms with Crippen LogP contribution in [-0.2, 0) is 0 Å². The van der Waals surface area contributed by atoms with Crippen molar-refractivity contribution in [3.63, 3.8) is 0 Å². The molecule has 140 valence electrons. The Kier molecular flexibility index (Phi) is 7.54. The topological polar surface area (TPSA) is 0 Å². The summed E-state index contributed by atoms with van der Waals surface area (Å²) < 4.78 is 0. The number of rotatable bonds is 7. The zero-order valence-corrected chi connectivity index (χ0v) is 16.8. The second-order valence-corrected chi connectivity index (χ2v) is 10.00. The molecule has 0 aliphatic heterocycles. The first-order valence-electron chi connectivity index (χ1n) is 11.8. The molecule has 3 fully saturated rings. The van der Waals surface area contributed by atoms with Gasteiger partial charge in [-0.3, -0.25) is 0 Å². The fraction of sp³-hybridized carbons (Fsp3) is 1.00. The lowest BCUT2D eigenvalue weighted by molar-refractivity contribution is 0.0590. The molecule has 0 heteroatoms. The Balaban J connectivity index is 1.36. The predicted octanol–water partition coefficient (Wildman–Crippen LogP) is 8.01. The van der Waals surface area contributed by atoms with Crippen LogP contribution in [0.2, 0.25) is 0 Å². The van der Waals surface area contributed by atoms with Gasteiger partial charge in [0.1, 0.15) is 0 Å². The summed E-state index contributed by atoms with van der Waals surface area (Å²) in [5.41, 5.74) is 0. The average Bonchev–Trinajstić information content (AvgIpc) is 2.62. The van der Waals surface area contributed by atoms with Crippen LogP contribution in [0.15, 0.2) is 0 Å². The molecule has 4 atom stereocenters. The third-order valence-electron chi connectivity index (χ3n) is 8.21. The Labute approximate surface area is 152 Å². The molecule has 3 saturated carbocycles. The van der Waals surface area contributed by atoms with Crippen molar-refractivity contribution < 1.29 is 0 Å². The lowest BCUT2D eigenvalue weighted by atomic mass is 9.60. The van der Waals surface area contributed by atoms with E-state index in [0.717, 1.165) is 35.5 Å². The Hall–Kier alpha value is 0. The van der Waals surface area contributed by atoms with Crippen molar-refractivity contribution in [2.45, 2.75) is 117 Å². The van der Waals surface area contributed by atoms with Crippen LogP contribution in [0.1, 0.15) is 117 Å². The highest BCUT2D eigenvalue weighted by atomic mass is 14.4. The summed E-state index contributed by atoms with van der Waals surface area (Å²) in [6.45, 7) is 4.79. The maximum atomic E-state index is 2.47. The molecule has 0 aromatic carbocycles. The number of hydrogen-bond donors (Lipinski definition) is 0. The lowest BCUT2D eigenvalue weighted by Crippen LogP contribution is -2.34. The second kappa shape index (κ2) is 9.63. The first kappa shape index (κ1) is 18.8. The van der Waals surface area contributed by atoms with Crippen LogP contribution >= 0.6 is 0 Å². The van der Waals surface area contributed by atoms with Crippen LogP contribution in [0.25, 0.3) is 0 Å². The van der Waals surface area contributed by atoms with Gasteiger partial charge < -0.3 is 0 Å². The quantitative estimate of drug-likeness (QED) is 0.414. The molecule has 0 spiro atoms. The van der Waals surface area contributed by atoms with E-state index in [1.807, 2.05) is 0 Å². The second-order valence-electron chi connectivity index (χ2n) is 10.00. The summed E-state index contributed by atoms with van der Waals surface area (Å²) in [4.78, 5) is 0. The monoisotopic (exact) mass is 332 g/mol. The van der Waals surface area contributed by atoms with Crippen molar-refractivity contribution in [1.82, 2.24) is 0 Å². The van der Waals surface area contributed by atoms with Crippen LogP contribution in [0.3, 0.4) is 0 Å². The van der Waals surface area contributed by atoms with Crippen LogP contribution in [-0.4, -0.2) is 0 Å². The van der Waals surface area contributed by atoms with E-state index in [9.17, 15) is 0 Å². The highest BCUT2D eigenvalue weighted by molar-refractivity contribution is 4.89. The summed E-state index contributed by atoms with van der Waals surface area (Å²) in [6, 6.07) is 0. The highest BCUT2D eigenvalue weighted by Crippen LogP contribution is 2.49. The summed E-state index contributed by atoms with van der Waals surface area (Å²) in [5, 5.41) is 0. The Bertz CT molecular complexity index is 338. The van der Waals surface area contributed by atoms with E-state index in [2.05, 4.69) is 13.8 Å². The highest BCUT2D eigenvalue weighted by Gasteiger charge is 2.38. The van der Waals surface area contributed by atoms with Gasteiger partial charge in [0.25, 0.3) is 0 Å². The van der Waals surface area contributed by atoms with E-state index in [1.54, 1.807) is 57.8 Å². The maximum Gasteiger partial charge on any atom is -0.0383 e. The third kappa shape index (κ3) is 5.25. The van der Waals surface area contributed by atoms with Gasteiger partial charge in [0.05, 0.1) is 0 Å². The molecule has 3 rings (SSSR count). The molecular weight excluding hydrogens is 288 g/mol. The van der Waals surface area contributed by atoms with Crippen LogP contribution in [0, 0.1) is 35.5 Å². The van der Waals surface area contributed by atoms with E-state index < -0.39 is 0 Å². The zero-order chi connectivity index (χ0) is 16.8. The first-order valence-corrected chi connectivity index (χ1v) is 11.8. The van der Waals surface area contributed by atoms with Gasteiger partial charge in [-0.2, -0.15) is 0 Å². The molecule has 0 bridgehead atoms. The molecule has 0 saturated heterocycles. The van der Waals surface area contributed by atoms with E-state index in [1.165, 1.54) is 44.9 Å². The van der Waals surface area contributed by atoms with Crippen molar-refractivity contribution in [1.29, 1.82) is 0 Å². The third-order valence-corrected chi connectivity index (χ3v) is 8.21. The predicted molar refractivity (Wildman–Crippen MR) is 106 cm³/mol. The van der Waals surface area contributed by atoms with Crippen molar-refractivity contribution in [3.05, 3.63) is 0 Å². The number of hydrogen-bond acceptors (Lipinski definition) is 0. The largest absolute Gasteiger partial charge is 0.0654 e. The number of unbranched alkanes of at least 4 members (excludes halogenated alkanes) is 4. The van der Waals surface area contributed by atoms with Crippen LogP contribution < -0.4 is 0 Å². The molecule has 0 aromatic rings. The Morgan fingerprint density at radius 3 is 1.92 bits per heavy atom. The summed E-state index contributed by atoms with van der Waals surface area (Å²) >= 11 is 0. The molecule has 0 radical (unpaired) electrons. The molecule has 0 heterocycles. The molecule has 0 nitrogen and oxygen atoms in total. The molecule has 0 amide bonds. The molecular formula is C24H44. The summed E-state index contributed by atoms with van der Waals surface area (Å²) in [6.07, 6.45) is 24.6. The van der Waals surface area contributed by atoms with Crippen molar-refractivity contribution in [2.24, 2.45) is 35.5 Å². The smallest absolute Gasteiger partial charge is 0.0383 e. The van der Waals surface area contributed by atoms with E-state index in [4.69, 9.17) is 0 Å². The van der Waals surface area contributed by atoms with Gasteiger partial charge in [-0.05, 0) is 80.5 Å². The van der Waals surface area contributed by atoms with Gasteiger partial charge >= 0.3 is 0 Å². The Morgan fingerprint density at radius 2 is 1.17 bits per heavy atom. The summed E-state index contributed by atoms with van der Waals surface area (Å²) in [7, 11) is 0. The SMILES string of the molecule is CCCCCCC[C@H]1CC[C@@H]2C[C@H](C3CCC(C)CC3)CC[C@H]2C1. The van der Waals surface area contributed by atoms with E-state index in [-0.39, 0.29) is 0 Å². The van der Waals surface area contributed by atoms with Gasteiger partial charge in [-0.1, -0.05) is 71.6 Å². The lowest BCUT2D eigenvalue weighted by Gasteiger charge is -2.45. The van der Waals surface area contributed by atoms with Crippen LogP contribution in [0.4, 0.5) is 0 Å². The van der Waals surface area contributed by atoms with Gasteiger partial charge in [-0.15, -0.1) is 0 Å². The first-order chi connectivity index (χ1) is 11.8. The van der Waals surface area contributed by atoms with Gasteiger partial charge in [0.15, 0.2) is 0 Å². The minimum Gasteiger partial charge on any atom is -0.0654 e. The van der Waals surface area contributed by atoms with Crippen molar-refractivity contribution >= 4 is 0 Å². The van der Waals surface area contributed by atoms with E-state index in [0.29, 0.717) is 0 Å². The summed E-state index contributed by atoms with van der Waals surface area (Å²) in [5.74, 6) is 6.59. The van der Waals surface area contributed by atoms with Crippen molar-refractivity contribution in [2.75, 3.05) is 0 Å². The van der Waals surface area contributed by atoms with Gasteiger partial charge in [0.2, 0.25) is 0 Å². The molecule has 0 N–H and O–H groups in total. The fourth-order valence-corrected chi connectivity index (χ4v) is 6.51. The molecule has 3 aliphatic carbocycles. The molecule has 3 aliphatic rings. The average molecular weight is 333 g/mol. The van der Waals surface area contributed by atoms with Crippen molar-refractivity contribution in [3.8, 4) is 0 Å². The zero-order valence-electron chi connectivity index (χ0n) is 16.8. The molecule has 0 unspecified atom stereocenters. The van der Waals surface area contributed by atoms with E-state index >= 15 is 0 Å². The minimum absolute atomic E-state index is 1.02. The maximum absolute atomic E-state index is 2.47. The fourth-order valence-electron chi connectivity index (χ4n) is 6.51. The molecule has 24 heavy (non-hydrogen) atoms. The van der Waals surface area contributed by atoms with Crippen LogP contribution in [0.5, 0.6) is 0 Å². The Morgan fingerprint density at radius 1 is 0.583 bits per heavy atom. The normalized spacial score (nSPS) is 40.2. The van der Waals surface area contributed by atoms with Gasteiger partial charge in [0, 0.05) is 0 Å². The van der Waals surface area contributed by atoms with Gasteiger partial charge in [-0.25, -0.2) is 0 Å². The standard InChI is InChI=1S/C24H44/c1-3-4-5-6-7-8-20-11-14-24-18-23(16-15-22(24)17-20)21-12-9-19(2)10-13-21/h19-24H,3-18H2,1-2H3/t19?,20-,21?,22-,23+,24+/m0/s1. The molecule has 0 aromatic heterocycles. The number of fused-ring (bicyclic) bond motifs is 1. The minimum atomic E-state index is 1.02.